The number of aromatic nitrogens is 2. The molecule has 11 heteroatoms. The van der Waals surface area contributed by atoms with E-state index in [-0.39, 0.29) is 53.6 Å². The molecule has 0 aliphatic carbocycles. The van der Waals surface area contributed by atoms with Crippen LogP contribution in [-0.4, -0.2) is 54.3 Å². The predicted octanol–water partition coefficient (Wildman–Crippen LogP) is 1.30. The van der Waals surface area contributed by atoms with Crippen molar-refractivity contribution >= 4 is 21.8 Å². The number of rotatable bonds is 5. The van der Waals surface area contributed by atoms with E-state index in [0.717, 1.165) is 5.56 Å². The lowest BCUT2D eigenvalue weighted by molar-refractivity contribution is -0.126. The normalized spacial score (nSPS) is 19.1. The molecule has 2 N–H and O–H groups in total. The molecular formula is C21H29N5O5S. The monoisotopic (exact) mass is 463 g/mol. The molecule has 32 heavy (non-hydrogen) atoms. The van der Waals surface area contributed by atoms with Gasteiger partial charge in [-0.2, -0.15) is 4.31 Å². The van der Waals surface area contributed by atoms with E-state index < -0.39 is 10.0 Å². The highest BCUT2D eigenvalue weighted by molar-refractivity contribution is 7.89. The maximum atomic E-state index is 13.2. The second-order valence-electron chi connectivity index (χ2n) is 7.86. The summed E-state index contributed by atoms with van der Waals surface area (Å²) in [6.07, 6.45) is 4.86. The molecule has 2 aromatic rings. The first-order valence-electron chi connectivity index (χ1n) is 10.7. The summed E-state index contributed by atoms with van der Waals surface area (Å²) in [4.78, 5) is 29.0. The summed E-state index contributed by atoms with van der Waals surface area (Å²) in [5.41, 5.74) is 1.23. The zero-order chi connectivity index (χ0) is 23.1. The Morgan fingerprint density at radius 3 is 2.69 bits per heavy atom. The topological polar surface area (TPSA) is 134 Å². The summed E-state index contributed by atoms with van der Waals surface area (Å²) in [7, 11) is -3.88. The molecular weight excluding hydrogens is 434 g/mol. The van der Waals surface area contributed by atoms with E-state index in [2.05, 4.69) is 20.8 Å². The molecule has 3 rings (SSSR count). The lowest BCUT2D eigenvalue weighted by Gasteiger charge is -2.22. The number of hydrogen-bond acceptors (Lipinski definition) is 7. The lowest BCUT2D eigenvalue weighted by atomic mass is 9.98. The van der Waals surface area contributed by atoms with Crippen molar-refractivity contribution in [2.45, 2.75) is 51.0 Å². The van der Waals surface area contributed by atoms with E-state index in [0.29, 0.717) is 32.4 Å². The number of hydrogen-bond donors (Lipinski definition) is 2. The van der Waals surface area contributed by atoms with Crippen molar-refractivity contribution in [2.75, 3.05) is 19.6 Å². The van der Waals surface area contributed by atoms with Gasteiger partial charge in [0.1, 0.15) is 10.6 Å². The maximum absolute atomic E-state index is 13.2. The smallest absolute Gasteiger partial charge is 0.248 e. The largest absolute Gasteiger partial charge is 0.360 e. The first-order chi connectivity index (χ1) is 15.3. The molecule has 2 aromatic heterocycles. The molecule has 0 bridgehead atoms. The average molecular weight is 464 g/mol. The Labute approximate surface area is 187 Å². The molecule has 10 nitrogen and oxygen atoms in total. The minimum atomic E-state index is -3.88. The van der Waals surface area contributed by atoms with Crippen LogP contribution in [0.3, 0.4) is 0 Å². The van der Waals surface area contributed by atoms with Gasteiger partial charge < -0.3 is 15.2 Å². The van der Waals surface area contributed by atoms with Crippen LogP contribution in [0.4, 0.5) is 0 Å². The third kappa shape index (κ3) is 5.92. The number of carbonyl (C=O) groups is 2. The van der Waals surface area contributed by atoms with Crippen LogP contribution in [0.15, 0.2) is 33.9 Å². The van der Waals surface area contributed by atoms with Gasteiger partial charge in [0.2, 0.25) is 21.8 Å². The minimum absolute atomic E-state index is 0.0411. The van der Waals surface area contributed by atoms with E-state index in [9.17, 15) is 18.0 Å². The Bertz CT molecular complexity index is 1020. The van der Waals surface area contributed by atoms with Gasteiger partial charge in [-0.15, -0.1) is 0 Å². The molecule has 0 saturated carbocycles. The Morgan fingerprint density at radius 2 is 2.00 bits per heavy atom. The van der Waals surface area contributed by atoms with Gasteiger partial charge in [0.25, 0.3) is 0 Å². The van der Waals surface area contributed by atoms with E-state index in [1.165, 1.54) is 4.31 Å². The highest BCUT2D eigenvalue weighted by Gasteiger charge is 2.32. The van der Waals surface area contributed by atoms with Gasteiger partial charge in [0.05, 0.1) is 0 Å². The molecule has 0 aromatic carbocycles. The van der Waals surface area contributed by atoms with Crippen molar-refractivity contribution in [1.82, 2.24) is 25.1 Å². The Kier molecular flexibility index (Phi) is 7.97. The third-order valence-corrected chi connectivity index (χ3v) is 7.66. The van der Waals surface area contributed by atoms with Crippen LogP contribution in [0, 0.1) is 19.8 Å². The van der Waals surface area contributed by atoms with Gasteiger partial charge in [0, 0.05) is 50.9 Å². The van der Waals surface area contributed by atoms with Gasteiger partial charge in [-0.3, -0.25) is 14.6 Å². The number of sulfonamides is 1. The lowest BCUT2D eigenvalue weighted by Crippen LogP contribution is -2.36. The second-order valence-corrected chi connectivity index (χ2v) is 9.73. The summed E-state index contributed by atoms with van der Waals surface area (Å²) in [6, 6.07) is 3.66. The molecule has 1 aliphatic heterocycles. The van der Waals surface area contributed by atoms with E-state index in [1.807, 2.05) is 12.1 Å². The fraction of sp³-hybridized carbons (Fsp3) is 0.524. The first kappa shape index (κ1) is 23.9. The number of nitrogens with zero attached hydrogens (tertiary/aromatic N) is 3. The molecule has 1 aliphatic rings. The highest BCUT2D eigenvalue weighted by Crippen LogP contribution is 2.24. The number of carbonyl (C=O) groups excluding carboxylic acids is 2. The zero-order valence-corrected chi connectivity index (χ0v) is 19.2. The maximum Gasteiger partial charge on any atom is 0.248 e. The third-order valence-electron chi connectivity index (χ3n) is 5.52. The highest BCUT2D eigenvalue weighted by atomic mass is 32.2. The van der Waals surface area contributed by atoms with Gasteiger partial charge in [-0.25, -0.2) is 8.42 Å². The fourth-order valence-electron chi connectivity index (χ4n) is 3.78. The second kappa shape index (κ2) is 10.7. The SMILES string of the molecule is Cc1noc(C)c1S(=O)(=O)N1CCCC(C(=O)NCc2ccncc2)CCNC(=O)CC1. The van der Waals surface area contributed by atoms with E-state index in [1.54, 1.807) is 26.2 Å². The Balaban J connectivity index is 1.70. The molecule has 1 fully saturated rings. The molecule has 3 heterocycles. The average Bonchev–Trinajstić information content (AvgIpc) is 3.09. The summed E-state index contributed by atoms with van der Waals surface area (Å²) in [6.45, 7) is 4.13. The first-order valence-corrected chi connectivity index (χ1v) is 12.1. The Hall–Kier alpha value is -2.79. The van der Waals surface area contributed by atoms with Crippen molar-refractivity contribution in [1.29, 1.82) is 0 Å². The number of aryl methyl sites for hydroxylation is 2. The van der Waals surface area contributed by atoms with E-state index in [4.69, 9.17) is 4.52 Å². The van der Waals surface area contributed by atoms with Crippen LogP contribution in [0.5, 0.6) is 0 Å². The van der Waals surface area contributed by atoms with Gasteiger partial charge in [-0.1, -0.05) is 5.16 Å². The van der Waals surface area contributed by atoms with Crippen LogP contribution >= 0.6 is 0 Å². The Morgan fingerprint density at radius 1 is 1.25 bits per heavy atom. The minimum Gasteiger partial charge on any atom is -0.360 e. The summed E-state index contributed by atoms with van der Waals surface area (Å²) in [5.74, 6) is -0.481. The number of nitrogens with one attached hydrogen (secondary N) is 2. The fourth-order valence-corrected chi connectivity index (χ4v) is 5.55. The van der Waals surface area contributed by atoms with Crippen molar-refractivity contribution in [3.05, 3.63) is 41.5 Å². The van der Waals surface area contributed by atoms with Crippen LogP contribution in [0.2, 0.25) is 0 Å². The molecule has 2 amide bonds. The molecule has 0 radical (unpaired) electrons. The molecule has 1 atom stereocenters. The van der Waals surface area contributed by atoms with E-state index >= 15 is 0 Å². The quantitative estimate of drug-likeness (QED) is 0.682. The number of pyridine rings is 1. The van der Waals surface area contributed by atoms with Gasteiger partial charge in [0.15, 0.2) is 5.76 Å². The van der Waals surface area contributed by atoms with Crippen molar-refractivity contribution in [3.63, 3.8) is 0 Å². The van der Waals surface area contributed by atoms with Crippen molar-refractivity contribution in [3.8, 4) is 0 Å². The standard InChI is InChI=1S/C21H29N5O5S/c1-15-20(16(2)31-25-15)32(29,30)26-12-3-4-18(7-11-23-19(27)8-13-26)21(28)24-14-17-5-9-22-10-6-17/h5-6,9-10,18H,3-4,7-8,11-14H2,1-2H3,(H,23,27)(H,24,28). The number of amides is 2. The molecule has 1 unspecified atom stereocenters. The summed E-state index contributed by atoms with van der Waals surface area (Å²) < 4.78 is 32.8. The van der Waals surface area contributed by atoms with Crippen molar-refractivity contribution in [2.24, 2.45) is 5.92 Å². The summed E-state index contributed by atoms with van der Waals surface area (Å²) in [5, 5.41) is 9.46. The molecule has 174 valence electrons. The van der Waals surface area contributed by atoms with Crippen LogP contribution in [-0.2, 0) is 26.2 Å². The predicted molar refractivity (Wildman–Crippen MR) is 116 cm³/mol. The van der Waals surface area contributed by atoms with Crippen molar-refractivity contribution < 1.29 is 22.5 Å². The van der Waals surface area contributed by atoms with Crippen LogP contribution < -0.4 is 10.6 Å². The van der Waals surface area contributed by atoms with Gasteiger partial charge >= 0.3 is 0 Å². The van der Waals surface area contributed by atoms with Crippen LogP contribution in [0.1, 0.15) is 42.7 Å². The van der Waals surface area contributed by atoms with Crippen LogP contribution in [0.25, 0.3) is 0 Å². The summed E-state index contributed by atoms with van der Waals surface area (Å²) >= 11 is 0. The zero-order valence-electron chi connectivity index (χ0n) is 18.3. The molecule has 1 saturated heterocycles. The molecule has 0 spiro atoms. The van der Waals surface area contributed by atoms with Gasteiger partial charge in [-0.05, 0) is 50.8 Å².